The lowest BCUT2D eigenvalue weighted by molar-refractivity contribution is 0.438. The fourth-order valence-electron chi connectivity index (χ4n) is 0.720. The van der Waals surface area contributed by atoms with Crippen molar-refractivity contribution in [2.75, 3.05) is 0 Å². The summed E-state index contributed by atoms with van der Waals surface area (Å²) in [6.07, 6.45) is 1.15. The van der Waals surface area contributed by atoms with Crippen LogP contribution in [0.4, 0.5) is 0 Å². The van der Waals surface area contributed by atoms with Crippen molar-refractivity contribution in [2.45, 2.75) is 33.2 Å². The molecule has 3 N–H and O–H groups in total. The molecule has 0 saturated heterocycles. The first kappa shape index (κ1) is 9.69. The van der Waals surface area contributed by atoms with Gasteiger partial charge in [-0.15, -0.1) is 0 Å². The van der Waals surface area contributed by atoms with Crippen LogP contribution in [0.1, 0.15) is 27.2 Å². The first-order chi connectivity index (χ1) is 4.57. The molecule has 0 rings (SSSR count). The third-order valence-corrected chi connectivity index (χ3v) is 1.99. The van der Waals surface area contributed by atoms with Crippen molar-refractivity contribution in [1.82, 2.24) is 5.32 Å². The third-order valence-electron chi connectivity index (χ3n) is 1.87. The van der Waals surface area contributed by atoms with E-state index in [1.54, 1.807) is 0 Å². The monoisotopic (exact) mass is 160 g/mol. The van der Waals surface area contributed by atoms with Crippen LogP contribution in [-0.4, -0.2) is 11.2 Å². The Hall–Kier alpha value is -0.310. The van der Waals surface area contributed by atoms with Crippen LogP contribution in [0.25, 0.3) is 0 Å². The minimum Gasteiger partial charge on any atom is -0.376 e. The SMILES string of the molecule is CCC(C)C(C)NC(N)=S. The predicted molar refractivity (Wildman–Crippen MR) is 48.8 cm³/mol. The molecule has 0 aromatic rings. The van der Waals surface area contributed by atoms with Gasteiger partial charge in [-0.3, -0.25) is 0 Å². The van der Waals surface area contributed by atoms with Crippen LogP contribution in [0, 0.1) is 5.92 Å². The molecule has 0 heterocycles. The normalized spacial score (nSPS) is 15.9. The molecule has 0 amide bonds. The van der Waals surface area contributed by atoms with Gasteiger partial charge < -0.3 is 11.1 Å². The fourth-order valence-corrected chi connectivity index (χ4v) is 0.906. The molecule has 0 aliphatic heterocycles. The second kappa shape index (κ2) is 4.50. The molecule has 10 heavy (non-hydrogen) atoms. The van der Waals surface area contributed by atoms with Gasteiger partial charge >= 0.3 is 0 Å². The topological polar surface area (TPSA) is 38.0 Å². The molecule has 0 aliphatic rings. The van der Waals surface area contributed by atoms with Gasteiger partial charge in [-0.05, 0) is 25.1 Å². The summed E-state index contributed by atoms with van der Waals surface area (Å²) in [6, 6.07) is 0.391. The van der Waals surface area contributed by atoms with Crippen molar-refractivity contribution < 1.29 is 0 Å². The summed E-state index contributed by atoms with van der Waals surface area (Å²) in [5.74, 6) is 0.626. The minimum absolute atomic E-state index is 0.391. The highest BCUT2D eigenvalue weighted by Gasteiger charge is 2.08. The number of rotatable bonds is 3. The molecular formula is C7H16N2S. The molecule has 0 saturated carbocycles. The number of thiocarbonyl (C=S) groups is 1. The molecule has 0 fully saturated rings. The van der Waals surface area contributed by atoms with Gasteiger partial charge in [0.25, 0.3) is 0 Å². The van der Waals surface area contributed by atoms with E-state index in [1.807, 2.05) is 0 Å². The molecule has 2 unspecified atom stereocenters. The van der Waals surface area contributed by atoms with Crippen molar-refractivity contribution >= 4 is 17.3 Å². The van der Waals surface area contributed by atoms with E-state index in [4.69, 9.17) is 18.0 Å². The number of nitrogens with two attached hydrogens (primary N) is 1. The molecule has 0 bridgehead atoms. The third kappa shape index (κ3) is 3.67. The molecule has 3 heteroatoms. The Morgan fingerprint density at radius 1 is 1.60 bits per heavy atom. The average molecular weight is 160 g/mol. The summed E-state index contributed by atoms with van der Waals surface area (Å²) in [7, 11) is 0. The predicted octanol–water partition coefficient (Wildman–Crippen LogP) is 1.25. The van der Waals surface area contributed by atoms with E-state index < -0.39 is 0 Å². The summed E-state index contributed by atoms with van der Waals surface area (Å²) >= 11 is 4.71. The van der Waals surface area contributed by atoms with E-state index in [1.165, 1.54) is 0 Å². The van der Waals surface area contributed by atoms with E-state index in [0.29, 0.717) is 17.1 Å². The zero-order valence-electron chi connectivity index (χ0n) is 6.85. The summed E-state index contributed by atoms with van der Waals surface area (Å²) < 4.78 is 0. The highest BCUT2D eigenvalue weighted by Crippen LogP contribution is 2.05. The fraction of sp³-hybridized carbons (Fsp3) is 0.857. The van der Waals surface area contributed by atoms with Crippen LogP contribution in [0.5, 0.6) is 0 Å². The van der Waals surface area contributed by atoms with Gasteiger partial charge in [-0.25, -0.2) is 0 Å². The van der Waals surface area contributed by atoms with E-state index in [0.717, 1.165) is 6.42 Å². The lowest BCUT2D eigenvalue weighted by Crippen LogP contribution is -2.40. The van der Waals surface area contributed by atoms with Crippen molar-refractivity contribution in [1.29, 1.82) is 0 Å². The van der Waals surface area contributed by atoms with Crippen molar-refractivity contribution in [3.8, 4) is 0 Å². The standard InChI is InChI=1S/C7H16N2S/c1-4-5(2)6(3)9-7(8)10/h5-6H,4H2,1-3H3,(H3,8,9,10). The summed E-state index contributed by atoms with van der Waals surface area (Å²) in [5.41, 5.74) is 5.31. The Kier molecular flexibility index (Phi) is 4.36. The van der Waals surface area contributed by atoms with E-state index in [2.05, 4.69) is 26.1 Å². The average Bonchev–Trinajstić information content (AvgIpc) is 1.85. The zero-order valence-corrected chi connectivity index (χ0v) is 7.66. The maximum Gasteiger partial charge on any atom is 0.163 e. The largest absolute Gasteiger partial charge is 0.376 e. The number of nitrogens with one attached hydrogen (secondary N) is 1. The Morgan fingerprint density at radius 2 is 2.10 bits per heavy atom. The maximum atomic E-state index is 5.31. The molecule has 2 atom stereocenters. The van der Waals surface area contributed by atoms with Crippen molar-refractivity contribution in [2.24, 2.45) is 11.7 Å². The van der Waals surface area contributed by atoms with Gasteiger partial charge in [0.1, 0.15) is 0 Å². The van der Waals surface area contributed by atoms with Crippen LogP contribution >= 0.6 is 12.2 Å². The lowest BCUT2D eigenvalue weighted by atomic mass is 10.0. The van der Waals surface area contributed by atoms with E-state index >= 15 is 0 Å². The van der Waals surface area contributed by atoms with Crippen LogP contribution in [0.15, 0.2) is 0 Å². The molecule has 0 spiro atoms. The Labute approximate surface area is 68.2 Å². The number of hydrogen-bond acceptors (Lipinski definition) is 1. The summed E-state index contributed by atoms with van der Waals surface area (Å²) in [4.78, 5) is 0. The molecule has 2 nitrogen and oxygen atoms in total. The smallest absolute Gasteiger partial charge is 0.163 e. The van der Waals surface area contributed by atoms with Gasteiger partial charge in [0.2, 0.25) is 0 Å². The van der Waals surface area contributed by atoms with Crippen LogP contribution < -0.4 is 11.1 Å². The molecule has 0 aliphatic carbocycles. The van der Waals surface area contributed by atoms with E-state index in [-0.39, 0.29) is 0 Å². The second-order valence-corrected chi connectivity index (χ2v) is 3.12. The molecule has 0 aromatic heterocycles. The van der Waals surface area contributed by atoms with Crippen LogP contribution in [-0.2, 0) is 0 Å². The van der Waals surface area contributed by atoms with Gasteiger partial charge in [-0.2, -0.15) is 0 Å². The van der Waals surface area contributed by atoms with Gasteiger partial charge in [0, 0.05) is 6.04 Å². The molecule has 0 aromatic carbocycles. The van der Waals surface area contributed by atoms with E-state index in [9.17, 15) is 0 Å². The molecule has 0 radical (unpaired) electrons. The maximum absolute atomic E-state index is 5.31. The first-order valence-electron chi connectivity index (χ1n) is 3.63. The zero-order chi connectivity index (χ0) is 8.15. The second-order valence-electron chi connectivity index (χ2n) is 2.68. The van der Waals surface area contributed by atoms with Crippen LogP contribution in [0.3, 0.4) is 0 Å². The molecule has 60 valence electrons. The van der Waals surface area contributed by atoms with Crippen molar-refractivity contribution in [3.63, 3.8) is 0 Å². The van der Waals surface area contributed by atoms with Gasteiger partial charge in [-0.1, -0.05) is 20.3 Å². The first-order valence-corrected chi connectivity index (χ1v) is 4.04. The summed E-state index contributed by atoms with van der Waals surface area (Å²) in [6.45, 7) is 6.42. The van der Waals surface area contributed by atoms with Crippen molar-refractivity contribution in [3.05, 3.63) is 0 Å². The lowest BCUT2D eigenvalue weighted by Gasteiger charge is -2.19. The minimum atomic E-state index is 0.391. The highest BCUT2D eigenvalue weighted by atomic mass is 32.1. The Morgan fingerprint density at radius 3 is 2.40 bits per heavy atom. The Bertz CT molecular complexity index is 114. The summed E-state index contributed by atoms with van der Waals surface area (Å²) in [5, 5.41) is 3.40. The number of hydrogen-bond donors (Lipinski definition) is 2. The Balaban J connectivity index is 3.61. The van der Waals surface area contributed by atoms with Gasteiger partial charge in [0.05, 0.1) is 0 Å². The molecular weight excluding hydrogens is 144 g/mol. The van der Waals surface area contributed by atoms with Crippen LogP contribution in [0.2, 0.25) is 0 Å². The van der Waals surface area contributed by atoms with Gasteiger partial charge in [0.15, 0.2) is 5.11 Å². The highest BCUT2D eigenvalue weighted by molar-refractivity contribution is 7.80. The quantitative estimate of drug-likeness (QED) is 0.610.